The maximum Gasteiger partial charge on any atom is 0.312 e. The minimum absolute atomic E-state index is 0.448. The minimum Gasteiger partial charge on any atom is -0.481 e. The van der Waals surface area contributed by atoms with Crippen molar-refractivity contribution in [2.24, 2.45) is 12.5 Å². The van der Waals surface area contributed by atoms with E-state index in [-0.39, 0.29) is 0 Å². The van der Waals surface area contributed by atoms with Gasteiger partial charge in [-0.05, 0) is 0 Å². The van der Waals surface area contributed by atoms with Gasteiger partial charge in [-0.1, -0.05) is 0 Å². The Kier molecular flexibility index (Phi) is 1.99. The predicted molar refractivity (Wildman–Crippen MR) is 47.6 cm³/mol. The summed E-state index contributed by atoms with van der Waals surface area (Å²) in [5, 5.41) is 20.0. The molecular formula is C8H12N4O2. The van der Waals surface area contributed by atoms with Gasteiger partial charge in [0.15, 0.2) is 0 Å². The largest absolute Gasteiger partial charge is 0.481 e. The van der Waals surface area contributed by atoms with Crippen molar-refractivity contribution in [3.05, 3.63) is 11.9 Å². The Morgan fingerprint density at radius 2 is 2.50 bits per heavy atom. The summed E-state index contributed by atoms with van der Waals surface area (Å²) in [4.78, 5) is 12.5. The van der Waals surface area contributed by atoms with Crippen LogP contribution in [-0.2, 0) is 18.3 Å². The summed E-state index contributed by atoms with van der Waals surface area (Å²) in [5.41, 5.74) is 0.0622. The zero-order valence-corrected chi connectivity index (χ0v) is 7.90. The van der Waals surface area contributed by atoms with Crippen molar-refractivity contribution in [2.75, 3.05) is 13.1 Å². The molecule has 1 aromatic heterocycles. The van der Waals surface area contributed by atoms with Crippen LogP contribution >= 0.6 is 0 Å². The summed E-state index contributed by atoms with van der Waals surface area (Å²) >= 11 is 0. The standard InChI is InChI=1S/C8H12N4O2/c1-12-10-3-6(11-12)2-8(7(13)14)4-9-5-8/h3,9H,2,4-5H2,1H3,(H,13,14). The normalized spacial score (nSPS) is 18.9. The van der Waals surface area contributed by atoms with Crippen molar-refractivity contribution < 1.29 is 9.90 Å². The van der Waals surface area contributed by atoms with Gasteiger partial charge in [-0.25, -0.2) is 0 Å². The van der Waals surface area contributed by atoms with Gasteiger partial charge in [-0.2, -0.15) is 15.0 Å². The molecule has 0 saturated carbocycles. The topological polar surface area (TPSA) is 80.0 Å². The van der Waals surface area contributed by atoms with Crippen molar-refractivity contribution in [3.63, 3.8) is 0 Å². The molecule has 1 aliphatic heterocycles. The molecule has 1 aliphatic rings. The van der Waals surface area contributed by atoms with Crippen molar-refractivity contribution in [1.82, 2.24) is 20.3 Å². The summed E-state index contributed by atoms with van der Waals surface area (Å²) in [6.07, 6.45) is 2.06. The first-order valence-corrected chi connectivity index (χ1v) is 4.42. The van der Waals surface area contributed by atoms with Gasteiger partial charge in [0, 0.05) is 26.6 Å². The monoisotopic (exact) mass is 196 g/mol. The molecule has 2 heterocycles. The fourth-order valence-electron chi connectivity index (χ4n) is 1.59. The highest BCUT2D eigenvalue weighted by atomic mass is 16.4. The molecule has 14 heavy (non-hydrogen) atoms. The average Bonchev–Trinajstić information content (AvgIpc) is 2.43. The molecule has 0 amide bonds. The maximum absolute atomic E-state index is 11.0. The first-order valence-electron chi connectivity index (χ1n) is 4.42. The van der Waals surface area contributed by atoms with E-state index in [1.165, 1.54) is 4.80 Å². The van der Waals surface area contributed by atoms with Gasteiger partial charge in [-0.3, -0.25) is 4.79 Å². The zero-order chi connectivity index (χ0) is 10.2. The van der Waals surface area contributed by atoms with Crippen LogP contribution in [-0.4, -0.2) is 39.2 Å². The van der Waals surface area contributed by atoms with E-state index in [0.717, 1.165) is 5.69 Å². The second-order valence-electron chi connectivity index (χ2n) is 3.69. The SMILES string of the molecule is Cn1ncc(CC2(C(=O)O)CNC2)n1. The Bertz CT molecular complexity index is 356. The first-order chi connectivity index (χ1) is 6.62. The molecule has 1 fully saturated rings. The number of aliphatic carboxylic acids is 1. The Labute approximate surface area is 80.9 Å². The molecule has 0 atom stereocenters. The van der Waals surface area contributed by atoms with E-state index < -0.39 is 11.4 Å². The smallest absolute Gasteiger partial charge is 0.312 e. The van der Waals surface area contributed by atoms with Gasteiger partial charge in [0.25, 0.3) is 0 Å². The molecule has 0 aromatic carbocycles. The van der Waals surface area contributed by atoms with Crippen LogP contribution in [0.4, 0.5) is 0 Å². The van der Waals surface area contributed by atoms with E-state index >= 15 is 0 Å². The minimum atomic E-state index is -0.762. The molecule has 0 spiro atoms. The third-order valence-corrected chi connectivity index (χ3v) is 2.55. The highest BCUT2D eigenvalue weighted by molar-refractivity contribution is 5.77. The maximum atomic E-state index is 11.0. The fraction of sp³-hybridized carbons (Fsp3) is 0.625. The number of carboxylic acid groups (broad SMARTS) is 1. The van der Waals surface area contributed by atoms with Crippen LogP contribution in [0.3, 0.4) is 0 Å². The highest BCUT2D eigenvalue weighted by Crippen LogP contribution is 2.26. The van der Waals surface area contributed by atoms with Gasteiger partial charge in [0.05, 0.1) is 17.3 Å². The number of hydrogen-bond acceptors (Lipinski definition) is 4. The summed E-state index contributed by atoms with van der Waals surface area (Å²) in [6.45, 7) is 1.03. The second kappa shape index (κ2) is 3.06. The molecule has 6 heteroatoms. The molecule has 0 unspecified atom stereocenters. The molecular weight excluding hydrogens is 184 g/mol. The van der Waals surface area contributed by atoms with E-state index in [1.54, 1.807) is 13.2 Å². The summed E-state index contributed by atoms with van der Waals surface area (Å²) in [6, 6.07) is 0. The Morgan fingerprint density at radius 3 is 2.86 bits per heavy atom. The lowest BCUT2D eigenvalue weighted by Crippen LogP contribution is -2.59. The number of nitrogens with zero attached hydrogens (tertiary/aromatic N) is 3. The number of rotatable bonds is 3. The van der Waals surface area contributed by atoms with Crippen LogP contribution < -0.4 is 5.32 Å². The van der Waals surface area contributed by atoms with Crippen molar-refractivity contribution in [2.45, 2.75) is 6.42 Å². The molecule has 1 saturated heterocycles. The van der Waals surface area contributed by atoms with Gasteiger partial charge >= 0.3 is 5.97 Å². The molecule has 2 rings (SSSR count). The van der Waals surface area contributed by atoms with Crippen LogP contribution in [0.5, 0.6) is 0 Å². The molecule has 6 nitrogen and oxygen atoms in total. The molecule has 1 aromatic rings. The zero-order valence-electron chi connectivity index (χ0n) is 7.90. The molecule has 2 N–H and O–H groups in total. The van der Waals surface area contributed by atoms with Crippen LogP contribution in [0.1, 0.15) is 5.69 Å². The van der Waals surface area contributed by atoms with Gasteiger partial charge in [0.1, 0.15) is 0 Å². The summed E-state index contributed by atoms with van der Waals surface area (Å²) < 4.78 is 0. The highest BCUT2D eigenvalue weighted by Gasteiger charge is 2.45. The van der Waals surface area contributed by atoms with Crippen molar-refractivity contribution >= 4 is 5.97 Å². The van der Waals surface area contributed by atoms with Crippen LogP contribution in [0.2, 0.25) is 0 Å². The Morgan fingerprint density at radius 1 is 1.79 bits per heavy atom. The number of hydrogen-bond donors (Lipinski definition) is 2. The van der Waals surface area contributed by atoms with E-state index in [1.807, 2.05) is 0 Å². The molecule has 0 bridgehead atoms. The Hall–Kier alpha value is -1.43. The lowest BCUT2D eigenvalue weighted by molar-refractivity contribution is -0.152. The molecule has 0 radical (unpaired) electrons. The van der Waals surface area contributed by atoms with Crippen molar-refractivity contribution in [1.29, 1.82) is 0 Å². The lowest BCUT2D eigenvalue weighted by atomic mass is 9.78. The molecule has 0 aliphatic carbocycles. The van der Waals surface area contributed by atoms with Gasteiger partial charge in [-0.15, -0.1) is 0 Å². The number of carbonyl (C=O) groups is 1. The van der Waals surface area contributed by atoms with Crippen molar-refractivity contribution in [3.8, 4) is 0 Å². The predicted octanol–water partition coefficient (Wildman–Crippen LogP) is -0.968. The van der Waals surface area contributed by atoms with E-state index in [2.05, 4.69) is 15.5 Å². The third kappa shape index (κ3) is 1.37. The number of aryl methyl sites for hydroxylation is 1. The number of aromatic nitrogens is 3. The fourth-order valence-corrected chi connectivity index (χ4v) is 1.59. The molecule has 76 valence electrons. The van der Waals surface area contributed by atoms with E-state index in [4.69, 9.17) is 5.11 Å². The first kappa shape index (κ1) is 9.14. The third-order valence-electron chi connectivity index (χ3n) is 2.55. The van der Waals surface area contributed by atoms with Crippen LogP contribution in [0, 0.1) is 5.41 Å². The average molecular weight is 196 g/mol. The van der Waals surface area contributed by atoms with Crippen LogP contribution in [0.15, 0.2) is 6.20 Å². The van der Waals surface area contributed by atoms with E-state index in [0.29, 0.717) is 19.5 Å². The summed E-state index contributed by atoms with van der Waals surface area (Å²) in [7, 11) is 1.72. The summed E-state index contributed by atoms with van der Waals surface area (Å²) in [5.74, 6) is -0.762. The quantitative estimate of drug-likeness (QED) is 0.650. The van der Waals surface area contributed by atoms with Gasteiger partial charge in [0.2, 0.25) is 0 Å². The van der Waals surface area contributed by atoms with Gasteiger partial charge < -0.3 is 10.4 Å². The van der Waals surface area contributed by atoms with Crippen LogP contribution in [0.25, 0.3) is 0 Å². The van der Waals surface area contributed by atoms with E-state index in [9.17, 15) is 4.79 Å². The lowest BCUT2D eigenvalue weighted by Gasteiger charge is -2.37. The Balaban J connectivity index is 2.12. The number of carboxylic acids is 1. The second-order valence-corrected chi connectivity index (χ2v) is 3.69. The number of nitrogens with one attached hydrogen (secondary N) is 1.